The van der Waals surface area contributed by atoms with E-state index in [4.69, 9.17) is 0 Å². The Hall–Kier alpha value is -3.32. The quantitative estimate of drug-likeness (QED) is 0.408. The maximum atomic E-state index is 2.27. The fourth-order valence-electron chi connectivity index (χ4n) is 3.17. The van der Waals surface area contributed by atoms with Crippen molar-refractivity contribution in [3.8, 4) is 5.69 Å². The van der Waals surface area contributed by atoms with Gasteiger partial charge in [0, 0.05) is 17.6 Å². The summed E-state index contributed by atoms with van der Waals surface area (Å²) in [5, 5.41) is 0. The van der Waals surface area contributed by atoms with Crippen molar-refractivity contribution >= 4 is 11.6 Å². The van der Waals surface area contributed by atoms with Crippen molar-refractivity contribution in [1.29, 1.82) is 0 Å². The second kappa shape index (κ2) is 7.28. The molecule has 1 heterocycles. The van der Waals surface area contributed by atoms with Crippen molar-refractivity contribution < 1.29 is 0 Å². The topological polar surface area (TPSA) is 4.93 Å². The van der Waals surface area contributed by atoms with Crippen molar-refractivity contribution in [2.24, 2.45) is 0 Å². The number of hydrogen-bond acceptors (Lipinski definition) is 0. The molecule has 4 aromatic rings. The zero-order valence-electron chi connectivity index (χ0n) is 14.8. The smallest absolute Gasteiger partial charge is 0.0462 e. The summed E-state index contributed by atoms with van der Waals surface area (Å²) in [5.41, 5.74) is 7.26. The minimum absolute atomic E-state index is 1.16. The summed E-state index contributed by atoms with van der Waals surface area (Å²) in [6.07, 6.45) is 4.38. The molecule has 0 amide bonds. The molecule has 0 atom stereocenters. The monoisotopic (exact) mass is 335 g/mol. The molecular weight excluding hydrogens is 314 g/mol. The Bertz CT molecular complexity index is 965. The van der Waals surface area contributed by atoms with Crippen LogP contribution in [0, 0.1) is 6.92 Å². The van der Waals surface area contributed by atoms with E-state index in [1.165, 1.54) is 28.0 Å². The van der Waals surface area contributed by atoms with Crippen LogP contribution >= 0.6 is 0 Å². The third-order valence-electron chi connectivity index (χ3n) is 4.55. The Balaban J connectivity index is 1.84. The van der Waals surface area contributed by atoms with Crippen LogP contribution in [-0.2, 0) is 0 Å². The van der Waals surface area contributed by atoms with Gasteiger partial charge in [-0.25, -0.2) is 0 Å². The lowest BCUT2D eigenvalue weighted by Gasteiger charge is -2.11. The highest BCUT2D eigenvalue weighted by atomic mass is 15.0. The molecule has 0 saturated carbocycles. The molecule has 126 valence electrons. The molecule has 0 unspecified atom stereocenters. The third-order valence-corrected chi connectivity index (χ3v) is 4.55. The number of rotatable bonds is 4. The van der Waals surface area contributed by atoms with Gasteiger partial charge in [-0.1, -0.05) is 78.4 Å². The van der Waals surface area contributed by atoms with Crippen LogP contribution < -0.4 is 0 Å². The van der Waals surface area contributed by atoms with Crippen LogP contribution in [0.4, 0.5) is 0 Å². The van der Waals surface area contributed by atoms with Crippen LogP contribution in [0.5, 0.6) is 0 Å². The normalized spacial score (nSPS) is 10.5. The van der Waals surface area contributed by atoms with Gasteiger partial charge in [-0.3, -0.25) is 0 Å². The van der Waals surface area contributed by atoms with Crippen LogP contribution in [0.2, 0.25) is 0 Å². The minimum atomic E-state index is 1.16. The molecule has 3 aromatic carbocycles. The molecular formula is C25H21N. The molecule has 1 nitrogen and oxygen atoms in total. The number of aromatic nitrogens is 1. The molecule has 0 radical (unpaired) electrons. The van der Waals surface area contributed by atoms with Crippen molar-refractivity contribution in [3.05, 3.63) is 126 Å². The average Bonchev–Trinajstić information content (AvgIpc) is 3.16. The Morgan fingerprint density at radius 2 is 1.23 bits per heavy atom. The standard InChI is InChI=1S/C25H21N/c1-20-14-16-23(17-15-20)26-18-8-13-24(26)19-25(21-9-4-2-5-10-21)22-11-6-3-7-12-22/h2-19H,1H3. The van der Waals surface area contributed by atoms with Crippen LogP contribution in [-0.4, -0.2) is 4.57 Å². The van der Waals surface area contributed by atoms with E-state index < -0.39 is 0 Å². The lowest BCUT2D eigenvalue weighted by molar-refractivity contribution is 1.06. The van der Waals surface area contributed by atoms with Gasteiger partial charge in [-0.2, -0.15) is 0 Å². The first-order valence-corrected chi connectivity index (χ1v) is 8.88. The van der Waals surface area contributed by atoms with Gasteiger partial charge in [0.05, 0.1) is 0 Å². The average molecular weight is 335 g/mol. The van der Waals surface area contributed by atoms with Gasteiger partial charge < -0.3 is 4.57 Å². The summed E-state index contributed by atoms with van der Waals surface area (Å²) in [7, 11) is 0. The number of nitrogens with zero attached hydrogens (tertiary/aromatic N) is 1. The summed E-state index contributed by atoms with van der Waals surface area (Å²) in [6.45, 7) is 2.11. The predicted octanol–water partition coefficient (Wildman–Crippen LogP) is 6.37. The number of hydrogen-bond donors (Lipinski definition) is 0. The predicted molar refractivity (Wildman–Crippen MR) is 110 cm³/mol. The first-order chi connectivity index (χ1) is 12.8. The molecule has 0 aliphatic rings. The highest BCUT2D eigenvalue weighted by Gasteiger charge is 2.07. The van der Waals surface area contributed by atoms with Crippen LogP contribution in [0.1, 0.15) is 22.4 Å². The highest BCUT2D eigenvalue weighted by Crippen LogP contribution is 2.27. The summed E-state index contributed by atoms with van der Waals surface area (Å²) < 4.78 is 2.23. The van der Waals surface area contributed by atoms with Crippen molar-refractivity contribution in [1.82, 2.24) is 4.57 Å². The zero-order valence-corrected chi connectivity index (χ0v) is 14.8. The second-order valence-corrected chi connectivity index (χ2v) is 6.43. The summed E-state index contributed by atoms with van der Waals surface area (Å²) in [4.78, 5) is 0. The summed E-state index contributed by atoms with van der Waals surface area (Å²) in [6, 6.07) is 34.0. The van der Waals surface area contributed by atoms with Gasteiger partial charge >= 0.3 is 0 Å². The lowest BCUT2D eigenvalue weighted by Crippen LogP contribution is -1.96. The highest BCUT2D eigenvalue weighted by molar-refractivity contribution is 5.91. The van der Waals surface area contributed by atoms with E-state index in [2.05, 4.69) is 121 Å². The van der Waals surface area contributed by atoms with E-state index in [1.54, 1.807) is 0 Å². The van der Waals surface area contributed by atoms with E-state index in [0.29, 0.717) is 0 Å². The van der Waals surface area contributed by atoms with E-state index in [-0.39, 0.29) is 0 Å². The van der Waals surface area contributed by atoms with E-state index in [1.807, 2.05) is 0 Å². The second-order valence-electron chi connectivity index (χ2n) is 6.43. The third kappa shape index (κ3) is 3.38. The largest absolute Gasteiger partial charge is 0.317 e. The Labute approximate surface area is 154 Å². The molecule has 26 heavy (non-hydrogen) atoms. The first-order valence-electron chi connectivity index (χ1n) is 8.88. The first kappa shape index (κ1) is 16.2. The van der Waals surface area contributed by atoms with E-state index in [0.717, 1.165) is 5.69 Å². The lowest BCUT2D eigenvalue weighted by atomic mass is 9.97. The molecule has 0 spiro atoms. The Morgan fingerprint density at radius 1 is 0.654 bits per heavy atom. The van der Waals surface area contributed by atoms with E-state index in [9.17, 15) is 0 Å². The van der Waals surface area contributed by atoms with Gasteiger partial charge in [0.2, 0.25) is 0 Å². The molecule has 0 saturated heterocycles. The molecule has 0 bridgehead atoms. The molecule has 1 aromatic heterocycles. The number of benzene rings is 3. The SMILES string of the molecule is Cc1ccc(-n2cccc2C=C(c2ccccc2)c2ccccc2)cc1. The fraction of sp³-hybridized carbons (Fsp3) is 0.0400. The van der Waals surface area contributed by atoms with E-state index >= 15 is 0 Å². The molecule has 4 rings (SSSR count). The van der Waals surface area contributed by atoms with Gasteiger partial charge in [-0.05, 0) is 54.0 Å². The van der Waals surface area contributed by atoms with Crippen LogP contribution in [0.3, 0.4) is 0 Å². The molecule has 0 fully saturated rings. The molecule has 0 N–H and O–H groups in total. The Kier molecular flexibility index (Phi) is 4.53. The molecule has 0 aliphatic carbocycles. The minimum Gasteiger partial charge on any atom is -0.317 e. The van der Waals surface area contributed by atoms with Gasteiger partial charge in [0.15, 0.2) is 0 Å². The van der Waals surface area contributed by atoms with Crippen molar-refractivity contribution in [2.45, 2.75) is 6.92 Å². The van der Waals surface area contributed by atoms with Gasteiger partial charge in [-0.15, -0.1) is 0 Å². The zero-order chi connectivity index (χ0) is 17.8. The van der Waals surface area contributed by atoms with Crippen LogP contribution in [0.15, 0.2) is 103 Å². The maximum Gasteiger partial charge on any atom is 0.0462 e. The Morgan fingerprint density at radius 3 is 1.81 bits per heavy atom. The van der Waals surface area contributed by atoms with Crippen molar-refractivity contribution in [2.75, 3.05) is 0 Å². The maximum absolute atomic E-state index is 2.27. The summed E-state index contributed by atoms with van der Waals surface area (Å²) in [5.74, 6) is 0. The fourth-order valence-corrected chi connectivity index (χ4v) is 3.17. The van der Waals surface area contributed by atoms with Gasteiger partial charge in [0.1, 0.15) is 0 Å². The van der Waals surface area contributed by atoms with Gasteiger partial charge in [0.25, 0.3) is 0 Å². The van der Waals surface area contributed by atoms with Crippen molar-refractivity contribution in [3.63, 3.8) is 0 Å². The molecule has 1 heteroatoms. The molecule has 0 aliphatic heterocycles. The van der Waals surface area contributed by atoms with Crippen LogP contribution in [0.25, 0.3) is 17.3 Å². The summed E-state index contributed by atoms with van der Waals surface area (Å²) >= 11 is 0. The number of aryl methyl sites for hydroxylation is 1.